The summed E-state index contributed by atoms with van der Waals surface area (Å²) in [5, 5.41) is 0. The van der Waals surface area contributed by atoms with Crippen molar-refractivity contribution >= 4 is 0 Å². The first-order valence-electron chi connectivity index (χ1n) is 3.65. The number of hydrogen-bond donors (Lipinski definition) is 0. The Morgan fingerprint density at radius 1 is 1.44 bits per heavy atom. The second kappa shape index (κ2) is 1.96. The maximum Gasteiger partial charge on any atom is 0.0706 e. The maximum absolute atomic E-state index is 5.51. The Bertz CT molecular complexity index is 103. The van der Waals surface area contributed by atoms with Gasteiger partial charge in [0.25, 0.3) is 0 Å². The molecule has 2 aliphatic heterocycles. The number of rotatable bonds is 0. The number of likely N-dealkylation sites (N-methyl/N-ethyl adjacent to an activating group) is 1. The van der Waals surface area contributed by atoms with E-state index in [4.69, 9.17) is 4.74 Å². The molecule has 2 aliphatic rings. The predicted molar refractivity (Wildman–Crippen MR) is 35.3 cm³/mol. The lowest BCUT2D eigenvalue weighted by atomic mass is 10.0. The van der Waals surface area contributed by atoms with Crippen molar-refractivity contribution in [3.05, 3.63) is 0 Å². The van der Waals surface area contributed by atoms with Gasteiger partial charge in [0.1, 0.15) is 0 Å². The molecule has 0 aliphatic carbocycles. The van der Waals surface area contributed by atoms with Gasteiger partial charge in [-0.1, -0.05) is 0 Å². The first-order valence-corrected chi connectivity index (χ1v) is 3.65. The lowest BCUT2D eigenvalue weighted by molar-refractivity contribution is 0.0926. The predicted octanol–water partition coefficient (Wildman–Crippen LogP) is 0.337. The van der Waals surface area contributed by atoms with Crippen molar-refractivity contribution < 1.29 is 4.74 Å². The highest BCUT2D eigenvalue weighted by Crippen LogP contribution is 2.25. The zero-order chi connectivity index (χ0) is 6.27. The fourth-order valence-corrected chi connectivity index (χ4v) is 1.90. The van der Waals surface area contributed by atoms with Gasteiger partial charge in [-0.05, 0) is 19.4 Å². The molecule has 0 radical (unpaired) electrons. The van der Waals surface area contributed by atoms with Crippen LogP contribution in [0.4, 0.5) is 0 Å². The van der Waals surface area contributed by atoms with Crippen molar-refractivity contribution in [3.63, 3.8) is 0 Å². The molecule has 0 aromatic rings. The molecule has 0 amide bonds. The molecule has 52 valence electrons. The molecule has 9 heavy (non-hydrogen) atoms. The van der Waals surface area contributed by atoms with Crippen LogP contribution >= 0.6 is 0 Å². The summed E-state index contributed by atoms with van der Waals surface area (Å²) in [6.07, 6.45) is 1.87. The van der Waals surface area contributed by atoms with Gasteiger partial charge in [0, 0.05) is 13.1 Å². The molecule has 2 heteroatoms. The molecule has 2 heterocycles. The third-order valence-electron chi connectivity index (χ3n) is 2.25. The molecule has 0 saturated carbocycles. The molecular weight excluding hydrogens is 114 g/mol. The second-order valence-corrected chi connectivity index (χ2v) is 3.28. The largest absolute Gasteiger partial charge is 0.377 e. The van der Waals surface area contributed by atoms with Crippen molar-refractivity contribution in [1.82, 2.24) is 4.90 Å². The van der Waals surface area contributed by atoms with Crippen LogP contribution in [0.1, 0.15) is 6.42 Å². The number of piperidine rings is 1. The molecule has 0 N–H and O–H groups in total. The molecule has 2 atom stereocenters. The lowest BCUT2D eigenvalue weighted by Gasteiger charge is -2.25. The molecule has 0 spiro atoms. The highest BCUT2D eigenvalue weighted by molar-refractivity contribution is 4.82. The highest BCUT2D eigenvalue weighted by atomic mass is 16.5. The molecule has 2 rings (SSSR count). The molecule has 2 unspecified atom stereocenters. The van der Waals surface area contributed by atoms with Crippen LogP contribution in [0, 0.1) is 5.92 Å². The number of hydrogen-bond acceptors (Lipinski definition) is 2. The van der Waals surface area contributed by atoms with Gasteiger partial charge >= 0.3 is 0 Å². The van der Waals surface area contributed by atoms with Crippen molar-refractivity contribution in [3.8, 4) is 0 Å². The van der Waals surface area contributed by atoms with E-state index in [1.165, 1.54) is 13.0 Å². The lowest BCUT2D eigenvalue weighted by Crippen LogP contribution is -2.35. The maximum atomic E-state index is 5.51. The van der Waals surface area contributed by atoms with Crippen LogP contribution in [0.25, 0.3) is 0 Å². The van der Waals surface area contributed by atoms with E-state index in [1.807, 2.05) is 0 Å². The van der Waals surface area contributed by atoms with Crippen molar-refractivity contribution in [2.45, 2.75) is 12.5 Å². The second-order valence-electron chi connectivity index (χ2n) is 3.28. The zero-order valence-electron chi connectivity index (χ0n) is 5.84. The fourth-order valence-electron chi connectivity index (χ4n) is 1.90. The minimum atomic E-state index is 0.564. The number of likely N-dealkylation sites (tertiary alicyclic amines) is 1. The van der Waals surface area contributed by atoms with Crippen LogP contribution < -0.4 is 0 Å². The summed E-state index contributed by atoms with van der Waals surface area (Å²) in [7, 11) is 2.17. The third kappa shape index (κ3) is 0.970. The average molecular weight is 127 g/mol. The van der Waals surface area contributed by atoms with Gasteiger partial charge in [-0.15, -0.1) is 0 Å². The van der Waals surface area contributed by atoms with Crippen LogP contribution in [0.5, 0.6) is 0 Å². The van der Waals surface area contributed by atoms with Crippen molar-refractivity contribution in [2.75, 3.05) is 26.7 Å². The summed E-state index contributed by atoms with van der Waals surface area (Å²) >= 11 is 0. The Labute approximate surface area is 55.8 Å². The van der Waals surface area contributed by atoms with E-state index < -0.39 is 0 Å². The van der Waals surface area contributed by atoms with E-state index in [1.54, 1.807) is 0 Å². The van der Waals surface area contributed by atoms with E-state index in [0.29, 0.717) is 6.10 Å². The van der Waals surface area contributed by atoms with Crippen LogP contribution in [0.3, 0.4) is 0 Å². The van der Waals surface area contributed by atoms with E-state index in [-0.39, 0.29) is 0 Å². The summed E-state index contributed by atoms with van der Waals surface area (Å²) in [6.45, 7) is 3.40. The monoisotopic (exact) mass is 127 g/mol. The van der Waals surface area contributed by atoms with Crippen LogP contribution in [-0.2, 0) is 4.74 Å². The van der Waals surface area contributed by atoms with Crippen LogP contribution in [0.15, 0.2) is 0 Å². The standard InChI is InChI=1S/C7H13NO/c1-8-3-6-2-7(4-8)9-5-6/h6-7H,2-5H2,1H3. The Balaban J connectivity index is 2.03. The normalized spacial score (nSPS) is 43.7. The van der Waals surface area contributed by atoms with Gasteiger partial charge in [-0.2, -0.15) is 0 Å². The summed E-state index contributed by atoms with van der Waals surface area (Å²) in [5.41, 5.74) is 0. The Morgan fingerprint density at radius 3 is 3.11 bits per heavy atom. The van der Waals surface area contributed by atoms with Crippen molar-refractivity contribution in [2.24, 2.45) is 5.92 Å². The first-order chi connectivity index (χ1) is 4.34. The molecule has 0 aromatic heterocycles. The highest BCUT2D eigenvalue weighted by Gasteiger charge is 2.31. The smallest absolute Gasteiger partial charge is 0.0706 e. The fraction of sp³-hybridized carbons (Fsp3) is 1.00. The average Bonchev–Trinajstić information content (AvgIpc) is 2.11. The zero-order valence-corrected chi connectivity index (χ0v) is 5.84. The van der Waals surface area contributed by atoms with Gasteiger partial charge in [0.05, 0.1) is 12.7 Å². The van der Waals surface area contributed by atoms with Gasteiger partial charge in [0.2, 0.25) is 0 Å². The van der Waals surface area contributed by atoms with Gasteiger partial charge < -0.3 is 9.64 Å². The summed E-state index contributed by atoms with van der Waals surface area (Å²) in [6, 6.07) is 0. The molecule has 0 aromatic carbocycles. The van der Waals surface area contributed by atoms with E-state index >= 15 is 0 Å². The number of fused-ring (bicyclic) bond motifs is 2. The van der Waals surface area contributed by atoms with E-state index in [0.717, 1.165) is 19.1 Å². The Hall–Kier alpha value is -0.0800. The van der Waals surface area contributed by atoms with Gasteiger partial charge in [-0.25, -0.2) is 0 Å². The molecule has 2 fully saturated rings. The van der Waals surface area contributed by atoms with Crippen molar-refractivity contribution in [1.29, 1.82) is 0 Å². The first kappa shape index (κ1) is 5.69. The molecule has 2 saturated heterocycles. The SMILES string of the molecule is CN1CC2COC(C2)C1. The Morgan fingerprint density at radius 2 is 2.33 bits per heavy atom. The molecular formula is C7H13NO. The summed E-state index contributed by atoms with van der Waals surface area (Å²) in [4.78, 5) is 2.37. The van der Waals surface area contributed by atoms with Gasteiger partial charge in [0.15, 0.2) is 0 Å². The number of ether oxygens (including phenoxy) is 1. The minimum absolute atomic E-state index is 0.564. The summed E-state index contributed by atoms with van der Waals surface area (Å²) in [5.74, 6) is 0.841. The molecule has 2 bridgehead atoms. The minimum Gasteiger partial charge on any atom is -0.377 e. The molecule has 2 nitrogen and oxygen atoms in total. The van der Waals surface area contributed by atoms with Crippen LogP contribution in [0.2, 0.25) is 0 Å². The number of nitrogens with zero attached hydrogens (tertiary/aromatic N) is 1. The van der Waals surface area contributed by atoms with E-state index in [2.05, 4.69) is 11.9 Å². The topological polar surface area (TPSA) is 12.5 Å². The quantitative estimate of drug-likeness (QED) is 0.465. The van der Waals surface area contributed by atoms with Gasteiger partial charge in [-0.3, -0.25) is 0 Å². The summed E-state index contributed by atoms with van der Waals surface area (Å²) < 4.78 is 5.51. The van der Waals surface area contributed by atoms with E-state index in [9.17, 15) is 0 Å². The van der Waals surface area contributed by atoms with Crippen LogP contribution in [-0.4, -0.2) is 37.7 Å². The Kier molecular flexibility index (Phi) is 1.24. The third-order valence-corrected chi connectivity index (χ3v) is 2.25.